The van der Waals surface area contributed by atoms with E-state index in [1.54, 1.807) is 25.1 Å². The number of carbonyl (C=O) groups is 1. The first kappa shape index (κ1) is 20.0. The molecule has 1 amide bonds. The molecule has 0 saturated heterocycles. The van der Waals surface area contributed by atoms with Crippen LogP contribution in [-0.4, -0.2) is 20.6 Å². The zero-order valence-corrected chi connectivity index (χ0v) is 15.0. The Hall–Kier alpha value is -2.35. The predicted molar refractivity (Wildman–Crippen MR) is 92.3 cm³/mol. The predicted octanol–water partition coefficient (Wildman–Crippen LogP) is 3.74. The molecule has 0 aliphatic heterocycles. The highest BCUT2D eigenvalue weighted by Crippen LogP contribution is 2.29. The van der Waals surface area contributed by atoms with Crippen molar-refractivity contribution in [2.45, 2.75) is 24.9 Å². The van der Waals surface area contributed by atoms with Crippen LogP contribution in [-0.2, 0) is 21.8 Å². The third-order valence-corrected chi connectivity index (χ3v) is 4.56. The molecule has 1 N–H and O–H groups in total. The minimum absolute atomic E-state index is 0.178. The topological polar surface area (TPSA) is 63.2 Å². The molecule has 0 aliphatic rings. The standard InChI is InChI=1S/C18H18F3NO3S/c1-12(14-6-8-16(9-7-14)18(19,20)21)22-17(23)15-5-3-4-13(10-15)11-26(2,24)25/h3-10,12H,11H2,1-2H3,(H,22,23). The Labute approximate surface area is 150 Å². The summed E-state index contributed by atoms with van der Waals surface area (Å²) in [4.78, 5) is 12.3. The van der Waals surface area contributed by atoms with Gasteiger partial charge in [0.2, 0.25) is 0 Å². The van der Waals surface area contributed by atoms with E-state index < -0.39 is 33.5 Å². The van der Waals surface area contributed by atoms with E-state index in [9.17, 15) is 26.4 Å². The molecule has 0 aliphatic carbocycles. The molecule has 0 fully saturated rings. The largest absolute Gasteiger partial charge is 0.416 e. The third-order valence-electron chi connectivity index (χ3n) is 3.70. The van der Waals surface area contributed by atoms with E-state index in [4.69, 9.17) is 0 Å². The number of halogens is 3. The molecule has 2 rings (SSSR count). The second-order valence-electron chi connectivity index (χ2n) is 6.09. The number of hydrogen-bond acceptors (Lipinski definition) is 3. The van der Waals surface area contributed by atoms with Crippen LogP contribution in [0.15, 0.2) is 48.5 Å². The number of carbonyl (C=O) groups excluding carboxylic acids is 1. The number of hydrogen-bond donors (Lipinski definition) is 1. The van der Waals surface area contributed by atoms with Gasteiger partial charge in [0.05, 0.1) is 17.4 Å². The van der Waals surface area contributed by atoms with Crippen molar-refractivity contribution in [3.63, 3.8) is 0 Å². The maximum absolute atomic E-state index is 12.6. The second-order valence-corrected chi connectivity index (χ2v) is 8.23. The molecule has 1 unspecified atom stereocenters. The van der Waals surface area contributed by atoms with Crippen LogP contribution in [0.3, 0.4) is 0 Å². The zero-order valence-electron chi connectivity index (χ0n) is 14.2. The molecule has 0 spiro atoms. The van der Waals surface area contributed by atoms with Crippen molar-refractivity contribution in [3.8, 4) is 0 Å². The Balaban J connectivity index is 2.10. The lowest BCUT2D eigenvalue weighted by molar-refractivity contribution is -0.137. The van der Waals surface area contributed by atoms with E-state index in [0.29, 0.717) is 11.1 Å². The fraction of sp³-hybridized carbons (Fsp3) is 0.278. The van der Waals surface area contributed by atoms with Gasteiger partial charge >= 0.3 is 6.18 Å². The Bertz CT molecular complexity index is 891. The first-order chi connectivity index (χ1) is 12.0. The SMILES string of the molecule is CC(NC(=O)c1cccc(CS(C)(=O)=O)c1)c1ccc(C(F)(F)F)cc1. The molecule has 2 aromatic carbocycles. The number of amides is 1. The number of benzene rings is 2. The Morgan fingerprint density at radius 3 is 2.27 bits per heavy atom. The summed E-state index contributed by atoms with van der Waals surface area (Å²) in [6, 6.07) is 10.3. The van der Waals surface area contributed by atoms with Crippen molar-refractivity contribution in [2.24, 2.45) is 0 Å². The maximum Gasteiger partial charge on any atom is 0.416 e. The molecule has 26 heavy (non-hydrogen) atoms. The highest BCUT2D eigenvalue weighted by Gasteiger charge is 2.30. The fourth-order valence-corrected chi connectivity index (χ4v) is 3.21. The van der Waals surface area contributed by atoms with Gasteiger partial charge in [-0.25, -0.2) is 8.42 Å². The van der Waals surface area contributed by atoms with Gasteiger partial charge in [-0.3, -0.25) is 4.79 Å². The minimum atomic E-state index is -4.41. The smallest absolute Gasteiger partial charge is 0.346 e. The van der Waals surface area contributed by atoms with Crippen molar-refractivity contribution in [3.05, 3.63) is 70.8 Å². The lowest BCUT2D eigenvalue weighted by Crippen LogP contribution is -2.26. The van der Waals surface area contributed by atoms with Crippen LogP contribution >= 0.6 is 0 Å². The number of sulfone groups is 1. The van der Waals surface area contributed by atoms with Crippen molar-refractivity contribution in [1.82, 2.24) is 5.32 Å². The molecular formula is C18H18F3NO3S. The minimum Gasteiger partial charge on any atom is -0.346 e. The Kier molecular flexibility index (Phi) is 5.75. The number of alkyl halides is 3. The maximum atomic E-state index is 12.6. The first-order valence-corrected chi connectivity index (χ1v) is 9.76. The van der Waals surface area contributed by atoms with E-state index in [2.05, 4.69) is 5.32 Å². The van der Waals surface area contributed by atoms with Gasteiger partial charge in [-0.1, -0.05) is 24.3 Å². The lowest BCUT2D eigenvalue weighted by Gasteiger charge is -2.16. The van der Waals surface area contributed by atoms with E-state index in [0.717, 1.165) is 18.4 Å². The van der Waals surface area contributed by atoms with Crippen LogP contribution in [0.4, 0.5) is 13.2 Å². The van der Waals surface area contributed by atoms with Crippen LogP contribution in [0.25, 0.3) is 0 Å². The summed E-state index contributed by atoms with van der Waals surface area (Å²) in [7, 11) is -3.23. The summed E-state index contributed by atoms with van der Waals surface area (Å²) in [5, 5.41) is 2.69. The van der Waals surface area contributed by atoms with Crippen LogP contribution < -0.4 is 5.32 Å². The summed E-state index contributed by atoms with van der Waals surface area (Å²) < 4.78 is 60.5. The lowest BCUT2D eigenvalue weighted by atomic mass is 10.0. The van der Waals surface area contributed by atoms with E-state index in [1.165, 1.54) is 18.2 Å². The molecule has 0 saturated carbocycles. The van der Waals surface area contributed by atoms with Gasteiger partial charge in [0.15, 0.2) is 9.84 Å². The van der Waals surface area contributed by atoms with Crippen LogP contribution in [0.2, 0.25) is 0 Å². The highest BCUT2D eigenvalue weighted by molar-refractivity contribution is 7.89. The monoisotopic (exact) mass is 385 g/mol. The van der Waals surface area contributed by atoms with Gasteiger partial charge in [0.1, 0.15) is 0 Å². The quantitative estimate of drug-likeness (QED) is 0.853. The van der Waals surface area contributed by atoms with E-state index in [1.807, 2.05) is 0 Å². The van der Waals surface area contributed by atoms with Crippen LogP contribution in [0.1, 0.15) is 40.0 Å². The Morgan fingerprint density at radius 1 is 1.12 bits per heavy atom. The molecule has 140 valence electrons. The highest BCUT2D eigenvalue weighted by atomic mass is 32.2. The molecule has 0 heterocycles. The van der Waals surface area contributed by atoms with Gasteiger partial charge in [-0.05, 0) is 42.3 Å². The van der Waals surface area contributed by atoms with Crippen LogP contribution in [0, 0.1) is 0 Å². The third kappa shape index (κ3) is 5.59. The average molecular weight is 385 g/mol. The zero-order chi connectivity index (χ0) is 19.5. The van der Waals surface area contributed by atoms with E-state index in [-0.39, 0.29) is 11.3 Å². The van der Waals surface area contributed by atoms with Gasteiger partial charge in [-0.15, -0.1) is 0 Å². The average Bonchev–Trinajstić information content (AvgIpc) is 2.52. The number of rotatable bonds is 5. The fourth-order valence-electron chi connectivity index (χ4n) is 2.43. The van der Waals surface area contributed by atoms with Crippen molar-refractivity contribution in [2.75, 3.05) is 6.26 Å². The Morgan fingerprint density at radius 2 is 1.73 bits per heavy atom. The van der Waals surface area contributed by atoms with E-state index >= 15 is 0 Å². The molecule has 0 aromatic heterocycles. The second kappa shape index (κ2) is 7.49. The van der Waals surface area contributed by atoms with Gasteiger partial charge < -0.3 is 5.32 Å². The number of nitrogens with one attached hydrogen (secondary N) is 1. The van der Waals surface area contributed by atoms with Gasteiger partial charge in [-0.2, -0.15) is 13.2 Å². The summed E-state index contributed by atoms with van der Waals surface area (Å²) in [6.07, 6.45) is -3.31. The van der Waals surface area contributed by atoms with Crippen LogP contribution in [0.5, 0.6) is 0 Å². The van der Waals surface area contributed by atoms with Crippen molar-refractivity contribution in [1.29, 1.82) is 0 Å². The molecular weight excluding hydrogens is 367 g/mol. The van der Waals surface area contributed by atoms with Gasteiger partial charge in [0, 0.05) is 11.8 Å². The molecule has 4 nitrogen and oxygen atoms in total. The summed E-state index contributed by atoms with van der Waals surface area (Å²) in [6.45, 7) is 1.65. The summed E-state index contributed by atoms with van der Waals surface area (Å²) in [5.41, 5.74) is 0.541. The summed E-state index contributed by atoms with van der Waals surface area (Å²) in [5.74, 6) is -0.615. The molecule has 2 aromatic rings. The normalized spacial score (nSPS) is 13.3. The molecule has 1 atom stereocenters. The molecule has 0 radical (unpaired) electrons. The summed E-state index contributed by atoms with van der Waals surface area (Å²) >= 11 is 0. The molecule has 0 bridgehead atoms. The van der Waals surface area contributed by atoms with Crippen molar-refractivity contribution >= 4 is 15.7 Å². The molecule has 8 heteroatoms. The van der Waals surface area contributed by atoms with Crippen molar-refractivity contribution < 1.29 is 26.4 Å². The van der Waals surface area contributed by atoms with Gasteiger partial charge in [0.25, 0.3) is 5.91 Å². The first-order valence-electron chi connectivity index (χ1n) is 7.70.